The van der Waals surface area contributed by atoms with E-state index < -0.39 is 8.56 Å². The lowest BCUT2D eigenvalue weighted by atomic mass is 10.1. The molecule has 19 heavy (non-hydrogen) atoms. The molecule has 2 atom stereocenters. The van der Waals surface area contributed by atoms with Crippen LogP contribution in [0.3, 0.4) is 0 Å². The fourth-order valence-electron chi connectivity index (χ4n) is 2.18. The van der Waals surface area contributed by atoms with E-state index in [1.54, 1.807) is 0 Å². The van der Waals surface area contributed by atoms with Crippen LogP contribution in [-0.2, 0) is 8.85 Å². The van der Waals surface area contributed by atoms with E-state index in [9.17, 15) is 0 Å². The Labute approximate surface area is 120 Å². The van der Waals surface area contributed by atoms with Crippen molar-refractivity contribution in [2.75, 3.05) is 19.7 Å². The predicted octanol–water partition coefficient (Wildman–Crippen LogP) is 2.76. The number of nitrogens with two attached hydrogens (primary N) is 2. The lowest BCUT2D eigenvalue weighted by Crippen LogP contribution is -2.45. The number of hydrogen-bond donors (Lipinski definition) is 2. The van der Waals surface area contributed by atoms with Crippen LogP contribution in [-0.4, -0.2) is 34.4 Å². The molecule has 0 spiro atoms. The van der Waals surface area contributed by atoms with Crippen LogP contribution in [0, 0.1) is 0 Å². The summed E-state index contributed by atoms with van der Waals surface area (Å²) in [6.45, 7) is 8.76. The highest BCUT2D eigenvalue weighted by Crippen LogP contribution is 2.25. The van der Waals surface area contributed by atoms with Crippen molar-refractivity contribution < 1.29 is 8.85 Å². The molecule has 5 heteroatoms. The summed E-state index contributed by atoms with van der Waals surface area (Å²) in [5, 5.41) is 0. The van der Waals surface area contributed by atoms with Crippen molar-refractivity contribution in [1.82, 2.24) is 0 Å². The van der Waals surface area contributed by atoms with Gasteiger partial charge in [-0.15, -0.1) is 0 Å². The Morgan fingerprint density at radius 3 is 2.21 bits per heavy atom. The van der Waals surface area contributed by atoms with Gasteiger partial charge < -0.3 is 20.3 Å². The van der Waals surface area contributed by atoms with Crippen LogP contribution >= 0.6 is 0 Å². The molecule has 0 saturated carbocycles. The highest BCUT2D eigenvalue weighted by atomic mass is 28.4. The number of rotatable bonds is 13. The first-order chi connectivity index (χ1) is 9.17. The second-order valence-corrected chi connectivity index (χ2v) is 8.64. The summed E-state index contributed by atoms with van der Waals surface area (Å²) in [5.41, 5.74) is 11.3. The van der Waals surface area contributed by atoms with Gasteiger partial charge in [-0.2, -0.15) is 0 Å². The second-order valence-electron chi connectivity index (χ2n) is 5.08. The first kappa shape index (κ1) is 19.1. The first-order valence-corrected chi connectivity index (χ1v) is 10.1. The molecule has 0 amide bonds. The third kappa shape index (κ3) is 8.04. The molecule has 4 nitrogen and oxygen atoms in total. The van der Waals surface area contributed by atoms with Crippen molar-refractivity contribution in [3.63, 3.8) is 0 Å². The van der Waals surface area contributed by atoms with Crippen molar-refractivity contribution in [3.8, 4) is 0 Å². The molecule has 0 radical (unpaired) electrons. The zero-order valence-electron chi connectivity index (χ0n) is 13.1. The molecule has 2 unspecified atom stereocenters. The maximum absolute atomic E-state index is 6.45. The van der Waals surface area contributed by atoms with E-state index >= 15 is 0 Å². The van der Waals surface area contributed by atoms with E-state index in [0.717, 1.165) is 57.3 Å². The average Bonchev–Trinajstić information content (AvgIpc) is 2.46. The quantitative estimate of drug-likeness (QED) is 0.512. The highest BCUT2D eigenvalue weighted by Gasteiger charge is 2.37. The van der Waals surface area contributed by atoms with Gasteiger partial charge in [-0.3, -0.25) is 0 Å². The van der Waals surface area contributed by atoms with Crippen LogP contribution in [0.4, 0.5) is 0 Å². The van der Waals surface area contributed by atoms with Crippen molar-refractivity contribution in [2.45, 2.75) is 71.1 Å². The van der Waals surface area contributed by atoms with Crippen LogP contribution in [0.2, 0.25) is 12.1 Å². The Kier molecular flexibility index (Phi) is 11.9. The molecule has 0 aromatic rings. The minimum atomic E-state index is -2.07. The van der Waals surface area contributed by atoms with Gasteiger partial charge in [-0.25, -0.2) is 0 Å². The SMILES string of the molecule is CCCO[Si](CC)(CCCN)OC(CC)CCCN. The monoisotopic (exact) mass is 290 g/mol. The van der Waals surface area contributed by atoms with Crippen LogP contribution in [0.15, 0.2) is 0 Å². The minimum Gasteiger partial charge on any atom is -0.394 e. The Balaban J connectivity index is 4.57. The van der Waals surface area contributed by atoms with Crippen molar-refractivity contribution in [3.05, 3.63) is 0 Å². The molecule has 0 aliphatic heterocycles. The van der Waals surface area contributed by atoms with Gasteiger partial charge in [0.05, 0.1) is 0 Å². The van der Waals surface area contributed by atoms with E-state index in [4.69, 9.17) is 20.3 Å². The van der Waals surface area contributed by atoms with Crippen LogP contribution in [0.1, 0.15) is 52.9 Å². The summed E-state index contributed by atoms with van der Waals surface area (Å²) < 4.78 is 12.6. The molecule has 0 aliphatic carbocycles. The van der Waals surface area contributed by atoms with E-state index in [2.05, 4.69) is 20.8 Å². The molecule has 0 bridgehead atoms. The van der Waals surface area contributed by atoms with Gasteiger partial charge in [0.15, 0.2) is 0 Å². The standard InChI is InChI=1S/C14H34N2O2Si/c1-4-12-17-19(6-3,13-8-11-16)18-14(5-2)9-7-10-15/h14H,4-13,15-16H2,1-3H3. The molecule has 0 aliphatic rings. The molecule has 116 valence electrons. The Morgan fingerprint density at radius 2 is 1.74 bits per heavy atom. The Morgan fingerprint density at radius 1 is 1.05 bits per heavy atom. The molecule has 0 aromatic carbocycles. The van der Waals surface area contributed by atoms with Gasteiger partial charge in [0.25, 0.3) is 0 Å². The van der Waals surface area contributed by atoms with E-state index in [0.29, 0.717) is 12.6 Å². The maximum atomic E-state index is 6.45. The average molecular weight is 291 g/mol. The molecule has 4 N–H and O–H groups in total. The lowest BCUT2D eigenvalue weighted by Gasteiger charge is -2.34. The minimum absolute atomic E-state index is 0.296. The van der Waals surface area contributed by atoms with Crippen LogP contribution in [0.5, 0.6) is 0 Å². The molecular weight excluding hydrogens is 256 g/mol. The third-order valence-corrected chi connectivity index (χ3v) is 7.12. The lowest BCUT2D eigenvalue weighted by molar-refractivity contribution is 0.102. The fraction of sp³-hybridized carbons (Fsp3) is 1.00. The highest BCUT2D eigenvalue weighted by molar-refractivity contribution is 6.67. The van der Waals surface area contributed by atoms with E-state index in [1.807, 2.05) is 0 Å². The summed E-state index contributed by atoms with van der Waals surface area (Å²) in [5.74, 6) is 0. The molecule has 0 rings (SSSR count). The normalized spacial score (nSPS) is 16.3. The van der Waals surface area contributed by atoms with Gasteiger partial charge in [0.1, 0.15) is 0 Å². The van der Waals surface area contributed by atoms with Crippen LogP contribution < -0.4 is 11.5 Å². The Bertz CT molecular complexity index is 198. The maximum Gasteiger partial charge on any atom is 0.338 e. The van der Waals surface area contributed by atoms with E-state index in [-0.39, 0.29) is 0 Å². The smallest absolute Gasteiger partial charge is 0.338 e. The molecule has 0 heterocycles. The summed E-state index contributed by atoms with van der Waals surface area (Å²) >= 11 is 0. The van der Waals surface area contributed by atoms with Gasteiger partial charge in [0.2, 0.25) is 0 Å². The molecule has 0 aromatic heterocycles. The fourth-order valence-corrected chi connectivity index (χ4v) is 5.45. The third-order valence-electron chi connectivity index (χ3n) is 3.44. The molecular formula is C14H34N2O2Si. The predicted molar refractivity (Wildman–Crippen MR) is 84.4 cm³/mol. The second kappa shape index (κ2) is 11.8. The number of hydrogen-bond acceptors (Lipinski definition) is 4. The summed E-state index contributed by atoms with van der Waals surface area (Å²) in [7, 11) is -2.07. The molecule has 0 saturated heterocycles. The zero-order chi connectivity index (χ0) is 14.6. The summed E-state index contributed by atoms with van der Waals surface area (Å²) in [6.07, 6.45) is 5.44. The topological polar surface area (TPSA) is 70.5 Å². The van der Waals surface area contributed by atoms with E-state index in [1.165, 1.54) is 0 Å². The van der Waals surface area contributed by atoms with Gasteiger partial charge in [0, 0.05) is 12.7 Å². The van der Waals surface area contributed by atoms with Crippen molar-refractivity contribution in [2.24, 2.45) is 11.5 Å². The zero-order valence-corrected chi connectivity index (χ0v) is 14.1. The Hall–Kier alpha value is 0.0569. The van der Waals surface area contributed by atoms with Crippen molar-refractivity contribution in [1.29, 1.82) is 0 Å². The van der Waals surface area contributed by atoms with Gasteiger partial charge in [-0.05, 0) is 57.3 Å². The largest absolute Gasteiger partial charge is 0.394 e. The summed E-state index contributed by atoms with van der Waals surface area (Å²) in [4.78, 5) is 0. The molecule has 0 fully saturated rings. The van der Waals surface area contributed by atoms with Crippen LogP contribution in [0.25, 0.3) is 0 Å². The van der Waals surface area contributed by atoms with Gasteiger partial charge in [-0.1, -0.05) is 20.8 Å². The van der Waals surface area contributed by atoms with Crippen molar-refractivity contribution >= 4 is 8.56 Å². The first-order valence-electron chi connectivity index (χ1n) is 7.89. The summed E-state index contributed by atoms with van der Waals surface area (Å²) in [6, 6.07) is 2.02. The van der Waals surface area contributed by atoms with Gasteiger partial charge >= 0.3 is 8.56 Å².